The third kappa shape index (κ3) is 5.76. The summed E-state index contributed by atoms with van der Waals surface area (Å²) < 4.78 is 10.7. The molecule has 0 bridgehead atoms. The monoisotopic (exact) mass is 401 g/mol. The molecule has 0 saturated heterocycles. The highest BCUT2D eigenvalue weighted by atomic mass is 32.2. The number of thioether (sulfide) groups is 1. The Labute approximate surface area is 171 Å². The van der Waals surface area contributed by atoms with E-state index in [-0.39, 0.29) is 13.2 Å². The molecule has 5 nitrogen and oxygen atoms in total. The van der Waals surface area contributed by atoms with Crippen molar-refractivity contribution in [3.63, 3.8) is 0 Å². The summed E-state index contributed by atoms with van der Waals surface area (Å²) >= 11 is 1.63. The molecule has 0 aliphatic rings. The lowest BCUT2D eigenvalue weighted by atomic mass is 10.1. The Morgan fingerprint density at radius 1 is 0.857 bits per heavy atom. The molecule has 28 heavy (non-hydrogen) atoms. The Hall–Kier alpha value is -2.47. The fourth-order valence-corrected chi connectivity index (χ4v) is 3.06. The molecule has 6 heteroatoms. The van der Waals surface area contributed by atoms with Gasteiger partial charge in [-0.15, -0.1) is 11.8 Å². The normalized spacial score (nSPS) is 10.6. The number of hydrogen-bond donors (Lipinski definition) is 0. The van der Waals surface area contributed by atoms with Gasteiger partial charge in [0.2, 0.25) is 6.04 Å². The Kier molecular flexibility index (Phi) is 8.88. The van der Waals surface area contributed by atoms with E-state index in [4.69, 9.17) is 9.47 Å². The summed E-state index contributed by atoms with van der Waals surface area (Å²) in [5.41, 5.74) is 1.43. The van der Waals surface area contributed by atoms with Gasteiger partial charge >= 0.3 is 11.9 Å². The largest absolute Gasteiger partial charge is 0.464 e. The Morgan fingerprint density at radius 3 is 1.82 bits per heavy atom. The number of carbonyl (C=O) groups is 2. The standard InChI is InChI=1S/C22H27NO4S/c1-4-15-26-21(24)20(22(25)27-16-5-2)23(17-9-7-6-8-10-17)18-11-13-19(28-3)14-12-18/h6-14,20H,4-5,15-16H2,1-3H3. The highest BCUT2D eigenvalue weighted by molar-refractivity contribution is 7.98. The summed E-state index contributed by atoms with van der Waals surface area (Å²) in [5.74, 6) is -1.22. The maximum Gasteiger partial charge on any atom is 0.340 e. The SMILES string of the molecule is CCCOC(=O)C(C(=O)OCCC)N(c1ccccc1)c1ccc(SC)cc1. The third-order valence-electron chi connectivity index (χ3n) is 3.99. The first-order chi connectivity index (χ1) is 13.6. The minimum Gasteiger partial charge on any atom is -0.464 e. The van der Waals surface area contributed by atoms with E-state index in [1.807, 2.05) is 74.7 Å². The van der Waals surface area contributed by atoms with Crippen molar-refractivity contribution in [2.24, 2.45) is 0 Å². The molecular weight excluding hydrogens is 374 g/mol. The highest BCUT2D eigenvalue weighted by Crippen LogP contribution is 2.30. The van der Waals surface area contributed by atoms with Gasteiger partial charge in [0.15, 0.2) is 0 Å². The second kappa shape index (κ2) is 11.4. The smallest absolute Gasteiger partial charge is 0.340 e. The van der Waals surface area contributed by atoms with Gasteiger partial charge in [-0.2, -0.15) is 0 Å². The van der Waals surface area contributed by atoms with Crippen LogP contribution >= 0.6 is 11.8 Å². The molecule has 0 saturated carbocycles. The van der Waals surface area contributed by atoms with Crippen LogP contribution in [0.4, 0.5) is 11.4 Å². The van der Waals surface area contributed by atoms with Gasteiger partial charge in [-0.05, 0) is 55.5 Å². The van der Waals surface area contributed by atoms with Gasteiger partial charge in [0.1, 0.15) is 0 Å². The van der Waals surface area contributed by atoms with Gasteiger partial charge in [-0.3, -0.25) is 0 Å². The van der Waals surface area contributed by atoms with Crippen LogP contribution in [0.5, 0.6) is 0 Å². The first-order valence-corrected chi connectivity index (χ1v) is 10.7. The zero-order chi connectivity index (χ0) is 20.4. The van der Waals surface area contributed by atoms with E-state index in [0.717, 1.165) is 10.6 Å². The van der Waals surface area contributed by atoms with Gasteiger partial charge in [-0.25, -0.2) is 9.59 Å². The highest BCUT2D eigenvalue weighted by Gasteiger charge is 2.37. The number of ether oxygens (including phenoxy) is 2. The predicted molar refractivity (Wildman–Crippen MR) is 113 cm³/mol. The molecule has 0 aliphatic carbocycles. The maximum atomic E-state index is 12.8. The molecule has 2 aromatic carbocycles. The average Bonchev–Trinajstić information content (AvgIpc) is 2.74. The van der Waals surface area contributed by atoms with Crippen molar-refractivity contribution in [3.05, 3.63) is 54.6 Å². The number of nitrogens with zero attached hydrogens (tertiary/aromatic N) is 1. The van der Waals surface area contributed by atoms with Crippen LogP contribution in [-0.4, -0.2) is 37.4 Å². The molecule has 150 valence electrons. The molecule has 2 aromatic rings. The van der Waals surface area contributed by atoms with Gasteiger partial charge in [0, 0.05) is 16.3 Å². The van der Waals surface area contributed by atoms with Crippen molar-refractivity contribution in [2.75, 3.05) is 24.4 Å². The summed E-state index contributed by atoms with van der Waals surface area (Å²) in [5, 5.41) is 0. The summed E-state index contributed by atoms with van der Waals surface area (Å²) in [7, 11) is 0. The molecule has 0 aromatic heterocycles. The maximum absolute atomic E-state index is 12.8. The first kappa shape index (κ1) is 21.8. The predicted octanol–water partition coefficient (Wildman–Crippen LogP) is 4.82. The van der Waals surface area contributed by atoms with Crippen LogP contribution in [0, 0.1) is 0 Å². The molecule has 0 heterocycles. The zero-order valence-corrected chi connectivity index (χ0v) is 17.4. The summed E-state index contributed by atoms with van der Waals surface area (Å²) in [4.78, 5) is 28.5. The number of carbonyl (C=O) groups excluding carboxylic acids is 2. The van der Waals surface area contributed by atoms with Crippen molar-refractivity contribution < 1.29 is 19.1 Å². The Morgan fingerprint density at radius 2 is 1.36 bits per heavy atom. The van der Waals surface area contributed by atoms with E-state index in [1.54, 1.807) is 16.7 Å². The molecule has 0 N–H and O–H groups in total. The number of para-hydroxylation sites is 1. The number of esters is 2. The van der Waals surface area contributed by atoms with Crippen LogP contribution in [0.15, 0.2) is 59.5 Å². The molecule has 0 amide bonds. The lowest BCUT2D eigenvalue weighted by molar-refractivity contribution is -0.156. The molecular formula is C22H27NO4S. The van der Waals surface area contributed by atoms with Gasteiger partial charge in [0.25, 0.3) is 0 Å². The minimum atomic E-state index is -1.21. The van der Waals surface area contributed by atoms with Crippen molar-refractivity contribution in [1.82, 2.24) is 0 Å². The lowest BCUT2D eigenvalue weighted by Crippen LogP contribution is -2.46. The van der Waals surface area contributed by atoms with E-state index in [9.17, 15) is 9.59 Å². The van der Waals surface area contributed by atoms with Crippen molar-refractivity contribution in [1.29, 1.82) is 0 Å². The molecule has 0 aliphatic heterocycles. The van der Waals surface area contributed by atoms with Crippen LogP contribution in [0.3, 0.4) is 0 Å². The average molecular weight is 402 g/mol. The van der Waals surface area contributed by atoms with Crippen LogP contribution in [-0.2, 0) is 19.1 Å². The fourth-order valence-electron chi connectivity index (χ4n) is 2.65. The van der Waals surface area contributed by atoms with Crippen LogP contribution in [0.2, 0.25) is 0 Å². The van der Waals surface area contributed by atoms with Gasteiger partial charge in [-0.1, -0.05) is 32.0 Å². The first-order valence-electron chi connectivity index (χ1n) is 9.44. The lowest BCUT2D eigenvalue weighted by Gasteiger charge is -2.31. The molecule has 0 unspecified atom stereocenters. The molecule has 2 rings (SSSR count). The van der Waals surface area contributed by atoms with Crippen molar-refractivity contribution >= 4 is 35.1 Å². The van der Waals surface area contributed by atoms with Crippen LogP contribution in [0.25, 0.3) is 0 Å². The summed E-state index contributed by atoms with van der Waals surface area (Å²) in [6.45, 7) is 4.33. The van der Waals surface area contributed by atoms with E-state index in [0.29, 0.717) is 18.5 Å². The Balaban J connectivity index is 2.49. The van der Waals surface area contributed by atoms with Crippen LogP contribution < -0.4 is 4.90 Å². The van der Waals surface area contributed by atoms with E-state index in [2.05, 4.69) is 0 Å². The fraction of sp³-hybridized carbons (Fsp3) is 0.364. The topological polar surface area (TPSA) is 55.8 Å². The van der Waals surface area contributed by atoms with E-state index < -0.39 is 18.0 Å². The van der Waals surface area contributed by atoms with E-state index in [1.165, 1.54) is 0 Å². The minimum absolute atomic E-state index is 0.254. The molecule has 0 atom stereocenters. The zero-order valence-electron chi connectivity index (χ0n) is 16.6. The number of rotatable bonds is 10. The van der Waals surface area contributed by atoms with Gasteiger partial charge < -0.3 is 14.4 Å². The Bertz CT molecular complexity index is 729. The van der Waals surface area contributed by atoms with Crippen molar-refractivity contribution in [2.45, 2.75) is 37.6 Å². The molecule has 0 radical (unpaired) electrons. The van der Waals surface area contributed by atoms with E-state index >= 15 is 0 Å². The third-order valence-corrected chi connectivity index (χ3v) is 4.73. The molecule has 0 spiro atoms. The second-order valence-electron chi connectivity index (χ2n) is 6.14. The number of anilines is 2. The summed E-state index contributed by atoms with van der Waals surface area (Å²) in [6, 6.07) is 15.8. The number of hydrogen-bond acceptors (Lipinski definition) is 6. The van der Waals surface area contributed by atoms with Gasteiger partial charge in [0.05, 0.1) is 13.2 Å². The molecule has 0 fully saturated rings. The quantitative estimate of drug-likeness (QED) is 0.323. The summed E-state index contributed by atoms with van der Waals surface area (Å²) in [6.07, 6.45) is 3.35. The second-order valence-corrected chi connectivity index (χ2v) is 7.02. The number of benzene rings is 2. The van der Waals surface area contributed by atoms with Crippen LogP contribution in [0.1, 0.15) is 26.7 Å². The van der Waals surface area contributed by atoms with Crippen molar-refractivity contribution in [3.8, 4) is 0 Å².